The molecule has 6 nitrogen and oxygen atoms in total. The van der Waals surface area contributed by atoms with Crippen LogP contribution in [-0.2, 0) is 9.59 Å². The van der Waals surface area contributed by atoms with Crippen LogP contribution in [0.4, 0.5) is 0 Å². The van der Waals surface area contributed by atoms with Gasteiger partial charge in [-0.1, -0.05) is 11.6 Å². The molecule has 0 radical (unpaired) electrons. The zero-order valence-corrected chi connectivity index (χ0v) is 12.1. The summed E-state index contributed by atoms with van der Waals surface area (Å²) in [6, 6.07) is 5.28. The third kappa shape index (κ3) is 5.64. The number of benzene rings is 1. The van der Waals surface area contributed by atoms with Crippen LogP contribution in [0.15, 0.2) is 18.2 Å². The molecule has 114 valence electrons. The second-order valence-electron chi connectivity index (χ2n) is 4.62. The van der Waals surface area contributed by atoms with Crippen molar-refractivity contribution in [2.75, 3.05) is 13.7 Å². The number of Topliss-reactive ketones (excluding diaryl/α,β-unsaturated/α-hetero) is 1. The van der Waals surface area contributed by atoms with Crippen molar-refractivity contribution in [3.8, 4) is 5.75 Å². The fourth-order valence-corrected chi connectivity index (χ4v) is 1.80. The van der Waals surface area contributed by atoms with E-state index in [4.69, 9.17) is 9.84 Å². The average molecular weight is 293 g/mol. The summed E-state index contributed by atoms with van der Waals surface area (Å²) in [5.74, 6) is -1.01. The van der Waals surface area contributed by atoms with Crippen molar-refractivity contribution < 1.29 is 24.2 Å². The smallest absolute Gasteiger partial charge is 0.305 e. The number of carbonyl (C=O) groups excluding carboxylic acids is 2. The van der Waals surface area contributed by atoms with Gasteiger partial charge in [0.1, 0.15) is 5.75 Å². The van der Waals surface area contributed by atoms with E-state index in [-0.39, 0.29) is 37.5 Å². The zero-order valence-electron chi connectivity index (χ0n) is 12.1. The van der Waals surface area contributed by atoms with Crippen molar-refractivity contribution in [3.63, 3.8) is 0 Å². The molecule has 0 bridgehead atoms. The highest BCUT2D eigenvalue weighted by Gasteiger charge is 2.14. The van der Waals surface area contributed by atoms with Crippen LogP contribution in [0, 0.1) is 6.92 Å². The predicted octanol–water partition coefficient (Wildman–Crippen LogP) is 1.56. The quantitative estimate of drug-likeness (QED) is 0.709. The molecule has 1 aromatic rings. The Hall–Kier alpha value is -2.37. The Bertz CT molecular complexity index is 539. The molecule has 1 rings (SSSR count). The molecule has 0 saturated heterocycles. The second-order valence-corrected chi connectivity index (χ2v) is 4.62. The highest BCUT2D eigenvalue weighted by atomic mass is 16.5. The number of hydrogen-bond acceptors (Lipinski definition) is 4. The van der Waals surface area contributed by atoms with Crippen molar-refractivity contribution in [1.82, 2.24) is 5.32 Å². The number of carboxylic acids is 1. The van der Waals surface area contributed by atoms with E-state index in [9.17, 15) is 14.4 Å². The Labute approximate surface area is 123 Å². The number of carbonyl (C=O) groups is 3. The fourth-order valence-electron chi connectivity index (χ4n) is 1.80. The van der Waals surface area contributed by atoms with Crippen molar-refractivity contribution in [2.24, 2.45) is 0 Å². The van der Waals surface area contributed by atoms with Gasteiger partial charge in [0.15, 0.2) is 5.78 Å². The van der Waals surface area contributed by atoms with Crippen LogP contribution < -0.4 is 10.1 Å². The van der Waals surface area contributed by atoms with E-state index in [1.165, 1.54) is 7.11 Å². The molecular formula is C15H19NO5. The maximum atomic E-state index is 12.1. The van der Waals surface area contributed by atoms with Crippen LogP contribution in [0.25, 0.3) is 0 Å². The minimum atomic E-state index is -0.976. The number of hydrogen-bond donors (Lipinski definition) is 2. The number of methoxy groups -OCH3 is 1. The van der Waals surface area contributed by atoms with Gasteiger partial charge in [0.25, 0.3) is 0 Å². The number of amides is 1. The average Bonchev–Trinajstić information content (AvgIpc) is 2.44. The van der Waals surface area contributed by atoms with Crippen LogP contribution in [0.5, 0.6) is 5.75 Å². The van der Waals surface area contributed by atoms with Crippen molar-refractivity contribution >= 4 is 17.7 Å². The summed E-state index contributed by atoms with van der Waals surface area (Å²) < 4.78 is 5.13. The third-order valence-electron chi connectivity index (χ3n) is 2.90. The topological polar surface area (TPSA) is 92.7 Å². The largest absolute Gasteiger partial charge is 0.496 e. The van der Waals surface area contributed by atoms with Gasteiger partial charge in [-0.15, -0.1) is 0 Å². The van der Waals surface area contributed by atoms with Crippen molar-refractivity contribution in [1.29, 1.82) is 0 Å². The zero-order chi connectivity index (χ0) is 15.8. The minimum Gasteiger partial charge on any atom is -0.496 e. The van der Waals surface area contributed by atoms with Gasteiger partial charge in [0, 0.05) is 19.4 Å². The molecule has 0 aliphatic carbocycles. The summed E-state index contributed by atoms with van der Waals surface area (Å²) in [6.07, 6.45) is -0.0559. The molecule has 2 N–H and O–H groups in total. The third-order valence-corrected chi connectivity index (χ3v) is 2.90. The molecule has 0 aliphatic heterocycles. The van der Waals surface area contributed by atoms with Gasteiger partial charge in [0.2, 0.25) is 5.91 Å². The SMILES string of the molecule is COc1ccc(C)cc1C(=O)CCC(=O)NCCC(=O)O. The lowest BCUT2D eigenvalue weighted by atomic mass is 10.0. The Balaban J connectivity index is 2.52. The van der Waals surface area contributed by atoms with Gasteiger partial charge in [0.05, 0.1) is 19.1 Å². The number of aryl methyl sites for hydroxylation is 1. The van der Waals surface area contributed by atoms with Crippen LogP contribution in [-0.4, -0.2) is 36.4 Å². The lowest BCUT2D eigenvalue weighted by Crippen LogP contribution is -2.26. The van der Waals surface area contributed by atoms with Crippen LogP contribution >= 0.6 is 0 Å². The molecule has 0 aliphatic rings. The number of ether oxygens (including phenoxy) is 1. The number of ketones is 1. The van der Waals surface area contributed by atoms with Gasteiger partial charge in [-0.2, -0.15) is 0 Å². The normalized spacial score (nSPS) is 10.0. The molecule has 0 spiro atoms. The molecule has 1 aromatic carbocycles. The first-order chi connectivity index (χ1) is 9.93. The van der Waals surface area contributed by atoms with Crippen LogP contribution in [0.2, 0.25) is 0 Å². The van der Waals surface area contributed by atoms with Crippen molar-refractivity contribution in [3.05, 3.63) is 29.3 Å². The van der Waals surface area contributed by atoms with Gasteiger partial charge in [-0.3, -0.25) is 14.4 Å². The first kappa shape index (κ1) is 16.7. The summed E-state index contributed by atoms with van der Waals surface area (Å²) in [4.78, 5) is 33.9. The van der Waals surface area contributed by atoms with E-state index in [0.29, 0.717) is 11.3 Å². The summed E-state index contributed by atoms with van der Waals surface area (Å²) in [5.41, 5.74) is 1.39. The molecular weight excluding hydrogens is 274 g/mol. The molecule has 21 heavy (non-hydrogen) atoms. The summed E-state index contributed by atoms with van der Waals surface area (Å²) in [6.45, 7) is 1.94. The Kier molecular flexibility index (Phi) is 6.39. The maximum absolute atomic E-state index is 12.1. The van der Waals surface area contributed by atoms with Gasteiger partial charge in [-0.05, 0) is 19.1 Å². The lowest BCUT2D eigenvalue weighted by Gasteiger charge is -2.08. The van der Waals surface area contributed by atoms with Gasteiger partial charge >= 0.3 is 5.97 Å². The van der Waals surface area contributed by atoms with Crippen LogP contribution in [0.1, 0.15) is 35.2 Å². The predicted molar refractivity (Wildman–Crippen MR) is 76.6 cm³/mol. The Morgan fingerprint density at radius 1 is 1.19 bits per heavy atom. The maximum Gasteiger partial charge on any atom is 0.305 e. The first-order valence-electron chi connectivity index (χ1n) is 6.60. The van der Waals surface area contributed by atoms with E-state index in [1.54, 1.807) is 12.1 Å². The molecule has 0 heterocycles. The number of aliphatic carboxylic acids is 1. The molecule has 6 heteroatoms. The monoisotopic (exact) mass is 293 g/mol. The first-order valence-corrected chi connectivity index (χ1v) is 6.60. The van der Waals surface area contributed by atoms with E-state index >= 15 is 0 Å². The molecule has 1 amide bonds. The minimum absolute atomic E-state index is 0.0234. The van der Waals surface area contributed by atoms with Gasteiger partial charge in [-0.25, -0.2) is 0 Å². The van der Waals surface area contributed by atoms with Crippen molar-refractivity contribution in [2.45, 2.75) is 26.2 Å². The molecule has 0 fully saturated rings. The number of carboxylic acid groups (broad SMARTS) is 1. The lowest BCUT2D eigenvalue weighted by molar-refractivity contribution is -0.136. The number of rotatable bonds is 8. The highest BCUT2D eigenvalue weighted by molar-refractivity contribution is 6.00. The van der Waals surface area contributed by atoms with Gasteiger partial charge < -0.3 is 15.2 Å². The van der Waals surface area contributed by atoms with E-state index in [0.717, 1.165) is 5.56 Å². The number of nitrogens with one attached hydrogen (secondary N) is 1. The van der Waals surface area contributed by atoms with E-state index in [1.807, 2.05) is 13.0 Å². The molecule has 0 aromatic heterocycles. The molecule has 0 atom stereocenters. The van der Waals surface area contributed by atoms with E-state index < -0.39 is 5.97 Å². The summed E-state index contributed by atoms with van der Waals surface area (Å²) in [7, 11) is 1.49. The summed E-state index contributed by atoms with van der Waals surface area (Å²) >= 11 is 0. The standard InChI is InChI=1S/C15H19NO5/c1-10-3-5-13(21-2)11(9-10)12(17)4-6-14(18)16-8-7-15(19)20/h3,5,9H,4,6-8H2,1-2H3,(H,16,18)(H,19,20). The molecule has 0 unspecified atom stereocenters. The second kappa shape index (κ2) is 8.04. The molecule has 0 saturated carbocycles. The fraction of sp³-hybridized carbons (Fsp3) is 0.400. The van der Waals surface area contributed by atoms with Crippen LogP contribution in [0.3, 0.4) is 0 Å². The Morgan fingerprint density at radius 3 is 2.52 bits per heavy atom. The van der Waals surface area contributed by atoms with E-state index in [2.05, 4.69) is 5.32 Å². The highest BCUT2D eigenvalue weighted by Crippen LogP contribution is 2.21. The Morgan fingerprint density at radius 2 is 1.90 bits per heavy atom. The summed E-state index contributed by atoms with van der Waals surface area (Å²) in [5, 5.41) is 10.9.